The molecule has 0 aliphatic carbocycles. The molecule has 2 aromatic carbocycles. The average Bonchev–Trinajstić information content (AvgIpc) is 2.83. The number of hydrogen-bond acceptors (Lipinski definition) is 5. The number of nitrogens with two attached hydrogens (primary N) is 1. The Labute approximate surface area is 191 Å². The van der Waals surface area contributed by atoms with Gasteiger partial charge in [-0.15, -0.1) is 0 Å². The highest BCUT2D eigenvalue weighted by Crippen LogP contribution is 2.23. The highest BCUT2D eigenvalue weighted by Gasteiger charge is 2.21. The van der Waals surface area contributed by atoms with E-state index in [0.29, 0.717) is 28.8 Å². The van der Waals surface area contributed by atoms with E-state index in [2.05, 4.69) is 27.1 Å². The monoisotopic (exact) mass is 437 g/mol. The molecular formula is C26H23N5O2. The van der Waals surface area contributed by atoms with Gasteiger partial charge < -0.3 is 11.1 Å². The fourth-order valence-corrected chi connectivity index (χ4v) is 3.69. The number of nitrogen functional groups attached to an aromatic ring is 1. The molecule has 0 saturated heterocycles. The molecule has 0 aliphatic rings. The fourth-order valence-electron chi connectivity index (χ4n) is 3.69. The smallest absolute Gasteiger partial charge is 0.274 e. The topological polar surface area (TPSA) is 103 Å². The number of amides is 1. The minimum atomic E-state index is -0.526. The van der Waals surface area contributed by atoms with Gasteiger partial charge in [-0.25, -0.2) is 9.97 Å². The quantitative estimate of drug-likeness (QED) is 0.475. The SMILES string of the molecule is CCC#Cc1cccc2cc([C@H](C)NC(=O)c3nccnc3N)n(-c3ccccc3)c(=O)c12. The van der Waals surface area contributed by atoms with E-state index < -0.39 is 11.9 Å². The van der Waals surface area contributed by atoms with Gasteiger partial charge in [0, 0.05) is 35.8 Å². The predicted molar refractivity (Wildman–Crippen MR) is 129 cm³/mol. The molecule has 0 spiro atoms. The van der Waals surface area contributed by atoms with Gasteiger partial charge >= 0.3 is 0 Å². The van der Waals surface area contributed by atoms with E-state index in [9.17, 15) is 9.59 Å². The second-order valence-corrected chi connectivity index (χ2v) is 7.46. The number of para-hydroxylation sites is 1. The van der Waals surface area contributed by atoms with Crippen molar-refractivity contribution in [2.75, 3.05) is 5.73 Å². The summed E-state index contributed by atoms with van der Waals surface area (Å²) in [5.41, 5.74) is 7.64. The van der Waals surface area contributed by atoms with Crippen LogP contribution in [0.3, 0.4) is 0 Å². The van der Waals surface area contributed by atoms with E-state index in [-0.39, 0.29) is 17.1 Å². The predicted octanol–water partition coefficient (Wildman–Crippen LogP) is 3.62. The zero-order valence-electron chi connectivity index (χ0n) is 18.4. The molecule has 0 aliphatic heterocycles. The van der Waals surface area contributed by atoms with Crippen molar-refractivity contribution < 1.29 is 4.79 Å². The van der Waals surface area contributed by atoms with Crippen LogP contribution in [0.25, 0.3) is 16.5 Å². The van der Waals surface area contributed by atoms with Gasteiger partial charge in [-0.2, -0.15) is 0 Å². The molecule has 4 rings (SSSR count). The number of pyridine rings is 1. The first-order chi connectivity index (χ1) is 16.0. The number of aromatic nitrogens is 3. The van der Waals surface area contributed by atoms with Crippen LogP contribution in [0.4, 0.5) is 5.82 Å². The van der Waals surface area contributed by atoms with Crippen molar-refractivity contribution in [3.63, 3.8) is 0 Å². The number of rotatable bonds is 4. The lowest BCUT2D eigenvalue weighted by molar-refractivity contribution is 0.0934. The number of carbonyl (C=O) groups is 1. The van der Waals surface area contributed by atoms with Gasteiger partial charge in [0.2, 0.25) is 0 Å². The van der Waals surface area contributed by atoms with Crippen LogP contribution in [0.5, 0.6) is 0 Å². The van der Waals surface area contributed by atoms with Crippen LogP contribution in [0.15, 0.2) is 71.8 Å². The highest BCUT2D eigenvalue weighted by molar-refractivity contribution is 5.96. The van der Waals surface area contributed by atoms with Crippen LogP contribution in [-0.4, -0.2) is 20.4 Å². The molecule has 4 aromatic rings. The number of carbonyl (C=O) groups excluding carboxylic acids is 1. The molecule has 0 saturated carbocycles. The Morgan fingerprint density at radius 2 is 1.88 bits per heavy atom. The lowest BCUT2D eigenvalue weighted by Gasteiger charge is -2.21. The molecule has 0 fully saturated rings. The Balaban J connectivity index is 1.89. The van der Waals surface area contributed by atoms with Crippen molar-refractivity contribution >= 4 is 22.5 Å². The number of hydrogen-bond donors (Lipinski definition) is 2. The van der Waals surface area contributed by atoms with Crippen LogP contribution in [0.2, 0.25) is 0 Å². The highest BCUT2D eigenvalue weighted by atomic mass is 16.2. The van der Waals surface area contributed by atoms with E-state index in [4.69, 9.17) is 5.73 Å². The van der Waals surface area contributed by atoms with Gasteiger partial charge in [0.1, 0.15) is 0 Å². The molecule has 0 bridgehead atoms. The van der Waals surface area contributed by atoms with Crippen molar-refractivity contribution in [3.8, 4) is 17.5 Å². The van der Waals surface area contributed by atoms with Gasteiger partial charge in [0.15, 0.2) is 11.5 Å². The van der Waals surface area contributed by atoms with Crippen molar-refractivity contribution in [1.29, 1.82) is 0 Å². The third-order valence-corrected chi connectivity index (χ3v) is 5.22. The Kier molecular flexibility index (Phi) is 6.18. The molecule has 2 heterocycles. The van der Waals surface area contributed by atoms with Crippen LogP contribution in [-0.2, 0) is 0 Å². The zero-order valence-corrected chi connectivity index (χ0v) is 18.4. The van der Waals surface area contributed by atoms with E-state index in [1.54, 1.807) is 4.57 Å². The molecule has 2 aromatic heterocycles. The molecule has 7 heteroatoms. The summed E-state index contributed by atoms with van der Waals surface area (Å²) in [5.74, 6) is 5.73. The maximum Gasteiger partial charge on any atom is 0.274 e. The molecule has 164 valence electrons. The molecule has 7 nitrogen and oxygen atoms in total. The van der Waals surface area contributed by atoms with E-state index in [0.717, 1.165) is 5.39 Å². The van der Waals surface area contributed by atoms with Crippen molar-refractivity contribution in [3.05, 3.63) is 94.3 Å². The van der Waals surface area contributed by atoms with E-state index in [1.165, 1.54) is 12.4 Å². The first-order valence-corrected chi connectivity index (χ1v) is 10.6. The first kappa shape index (κ1) is 21.8. The summed E-state index contributed by atoms with van der Waals surface area (Å²) in [5, 5.41) is 4.19. The summed E-state index contributed by atoms with van der Waals surface area (Å²) < 4.78 is 1.62. The van der Waals surface area contributed by atoms with Crippen LogP contribution in [0.1, 0.15) is 48.1 Å². The Morgan fingerprint density at radius 3 is 2.61 bits per heavy atom. The largest absolute Gasteiger partial charge is 0.382 e. The number of anilines is 1. The van der Waals surface area contributed by atoms with Gasteiger partial charge in [-0.05, 0) is 36.6 Å². The van der Waals surface area contributed by atoms with Gasteiger partial charge in [-0.3, -0.25) is 14.2 Å². The number of nitrogens with zero attached hydrogens (tertiary/aromatic N) is 3. The van der Waals surface area contributed by atoms with Crippen molar-refractivity contribution in [1.82, 2.24) is 19.9 Å². The molecule has 1 amide bonds. The summed E-state index contributed by atoms with van der Waals surface area (Å²) in [7, 11) is 0. The fraction of sp³-hybridized carbons (Fsp3) is 0.154. The van der Waals surface area contributed by atoms with Crippen molar-refractivity contribution in [2.24, 2.45) is 0 Å². The summed E-state index contributed by atoms with van der Waals surface area (Å²) in [4.78, 5) is 34.6. The second kappa shape index (κ2) is 9.37. The van der Waals surface area contributed by atoms with Crippen LogP contribution < -0.4 is 16.6 Å². The molecule has 3 N–H and O–H groups in total. The standard InChI is InChI=1S/C26H23N5O2/c1-3-4-9-18-10-8-11-19-16-21(17(2)30-25(32)23-24(27)29-15-14-28-23)31(26(33)22(18)19)20-12-6-5-7-13-20/h5-8,10-17H,3H2,1-2H3,(H2,27,29)(H,30,32)/t17-/m0/s1. The van der Waals surface area contributed by atoms with Gasteiger partial charge in [-0.1, -0.05) is 49.1 Å². The third-order valence-electron chi connectivity index (χ3n) is 5.22. The number of nitrogens with one attached hydrogen (secondary N) is 1. The van der Waals surface area contributed by atoms with Gasteiger partial charge in [0.05, 0.1) is 11.4 Å². The maximum atomic E-state index is 13.8. The molecule has 33 heavy (non-hydrogen) atoms. The summed E-state index contributed by atoms with van der Waals surface area (Å²) >= 11 is 0. The number of benzene rings is 2. The maximum absolute atomic E-state index is 13.8. The summed E-state index contributed by atoms with van der Waals surface area (Å²) in [6.07, 6.45) is 3.52. The van der Waals surface area contributed by atoms with Gasteiger partial charge in [0.25, 0.3) is 11.5 Å². The van der Waals surface area contributed by atoms with E-state index in [1.807, 2.05) is 68.4 Å². The molecular weight excluding hydrogens is 414 g/mol. The summed E-state index contributed by atoms with van der Waals surface area (Å²) in [6, 6.07) is 16.3. The zero-order chi connectivity index (χ0) is 23.4. The second-order valence-electron chi connectivity index (χ2n) is 7.46. The lowest BCUT2D eigenvalue weighted by atomic mass is 10.0. The lowest BCUT2D eigenvalue weighted by Crippen LogP contribution is -2.33. The van der Waals surface area contributed by atoms with E-state index >= 15 is 0 Å². The summed E-state index contributed by atoms with van der Waals surface area (Å²) in [6.45, 7) is 3.78. The van der Waals surface area contributed by atoms with Crippen molar-refractivity contribution in [2.45, 2.75) is 26.3 Å². The molecule has 1 atom stereocenters. The number of fused-ring (bicyclic) bond motifs is 1. The Hall–Kier alpha value is -4.44. The Morgan fingerprint density at radius 1 is 1.12 bits per heavy atom. The minimum Gasteiger partial charge on any atom is -0.382 e. The molecule has 0 unspecified atom stereocenters. The first-order valence-electron chi connectivity index (χ1n) is 10.6. The van der Waals surface area contributed by atoms with Crippen LogP contribution in [0, 0.1) is 11.8 Å². The third kappa shape index (κ3) is 4.32. The minimum absolute atomic E-state index is 0.0378. The Bertz CT molecular complexity index is 1450. The molecule has 0 radical (unpaired) electrons. The normalized spacial score (nSPS) is 11.5. The average molecular weight is 438 g/mol. The van der Waals surface area contributed by atoms with Crippen LogP contribution >= 0.6 is 0 Å².